The first-order valence-electron chi connectivity index (χ1n) is 6.67. The van der Waals surface area contributed by atoms with Crippen molar-refractivity contribution in [3.05, 3.63) is 29.0 Å². The summed E-state index contributed by atoms with van der Waals surface area (Å²) in [5, 5.41) is 3.43. The van der Waals surface area contributed by atoms with Crippen molar-refractivity contribution in [3.63, 3.8) is 0 Å². The normalized spacial score (nSPS) is 23.8. The monoisotopic (exact) mass is 282 g/mol. The fourth-order valence-electron chi connectivity index (χ4n) is 2.47. The zero-order valence-electron chi connectivity index (χ0n) is 10.5. The number of rotatable bonds is 3. The van der Waals surface area contributed by atoms with Crippen LogP contribution in [0.5, 0.6) is 0 Å². The van der Waals surface area contributed by atoms with Gasteiger partial charge in [0.25, 0.3) is 0 Å². The molecule has 1 aliphatic carbocycles. The van der Waals surface area contributed by atoms with Gasteiger partial charge in [-0.25, -0.2) is 4.39 Å². The minimum absolute atomic E-state index is 0.0579. The maximum atomic E-state index is 13.2. The fourth-order valence-corrected chi connectivity index (χ4v) is 2.65. The van der Waals surface area contributed by atoms with Crippen LogP contribution in [-0.2, 0) is 4.79 Å². The Bertz CT molecular complexity index is 504. The van der Waals surface area contributed by atoms with Crippen molar-refractivity contribution in [3.8, 4) is 0 Å². The molecule has 1 aromatic carbocycles. The van der Waals surface area contributed by atoms with Gasteiger partial charge in [0.05, 0.1) is 11.1 Å². The molecule has 19 heavy (non-hydrogen) atoms. The summed E-state index contributed by atoms with van der Waals surface area (Å²) < 4.78 is 13.2. The van der Waals surface area contributed by atoms with Gasteiger partial charge < -0.3 is 10.2 Å². The molecule has 3 nitrogen and oxygen atoms in total. The van der Waals surface area contributed by atoms with Crippen LogP contribution in [0.3, 0.4) is 0 Å². The molecule has 1 atom stereocenters. The Labute approximate surface area is 116 Å². The molecule has 0 aromatic heterocycles. The average molecular weight is 283 g/mol. The third-order valence-electron chi connectivity index (χ3n) is 3.67. The molecular weight excluding hydrogens is 267 g/mol. The summed E-state index contributed by atoms with van der Waals surface area (Å²) in [6.45, 7) is 0.670. The number of hydrogen-bond acceptors (Lipinski definition) is 2. The van der Waals surface area contributed by atoms with Crippen LogP contribution in [0.25, 0.3) is 0 Å². The highest BCUT2D eigenvalue weighted by Gasteiger charge is 2.34. The lowest BCUT2D eigenvalue weighted by atomic mass is 10.0. The number of carbonyl (C=O) groups excluding carboxylic acids is 1. The molecule has 0 spiro atoms. The third kappa shape index (κ3) is 2.74. The van der Waals surface area contributed by atoms with E-state index in [0.717, 1.165) is 25.7 Å². The van der Waals surface area contributed by atoms with Crippen molar-refractivity contribution < 1.29 is 9.18 Å². The van der Waals surface area contributed by atoms with E-state index in [2.05, 4.69) is 5.32 Å². The Hall–Kier alpha value is -1.13. The second-order valence-electron chi connectivity index (χ2n) is 5.22. The molecule has 1 aliphatic heterocycles. The number of nitrogens with one attached hydrogen (secondary N) is 1. The van der Waals surface area contributed by atoms with Crippen molar-refractivity contribution in [2.24, 2.45) is 0 Å². The SMILES string of the molecule is O=C1C(NC2CC2)CCCN1c1ccc(F)c(Cl)c1. The van der Waals surface area contributed by atoms with Gasteiger partial charge in [0.1, 0.15) is 5.82 Å². The van der Waals surface area contributed by atoms with Gasteiger partial charge in [-0.05, 0) is 43.9 Å². The summed E-state index contributed by atoms with van der Waals surface area (Å²) in [5.41, 5.74) is 0.679. The van der Waals surface area contributed by atoms with Crippen molar-refractivity contribution in [2.45, 2.75) is 37.8 Å². The summed E-state index contributed by atoms with van der Waals surface area (Å²) in [6.07, 6.45) is 4.14. The molecule has 1 heterocycles. The van der Waals surface area contributed by atoms with Gasteiger partial charge in [-0.2, -0.15) is 0 Å². The molecule has 102 valence electrons. The highest BCUT2D eigenvalue weighted by Crippen LogP contribution is 2.27. The quantitative estimate of drug-likeness (QED) is 0.924. The average Bonchev–Trinajstić information content (AvgIpc) is 3.20. The van der Waals surface area contributed by atoms with Gasteiger partial charge >= 0.3 is 0 Å². The van der Waals surface area contributed by atoms with Crippen LogP contribution in [0.1, 0.15) is 25.7 Å². The lowest BCUT2D eigenvalue weighted by molar-refractivity contribution is -0.121. The van der Waals surface area contributed by atoms with E-state index in [1.54, 1.807) is 11.0 Å². The van der Waals surface area contributed by atoms with E-state index >= 15 is 0 Å². The molecule has 1 saturated carbocycles. The second kappa shape index (κ2) is 5.10. The van der Waals surface area contributed by atoms with Gasteiger partial charge in [-0.1, -0.05) is 11.6 Å². The van der Waals surface area contributed by atoms with Gasteiger partial charge in [0.15, 0.2) is 0 Å². The minimum atomic E-state index is -0.456. The summed E-state index contributed by atoms with van der Waals surface area (Å²) in [6, 6.07) is 4.84. The predicted octanol–water partition coefficient (Wildman–Crippen LogP) is 2.73. The Kier molecular flexibility index (Phi) is 3.46. The second-order valence-corrected chi connectivity index (χ2v) is 5.63. The highest BCUT2D eigenvalue weighted by molar-refractivity contribution is 6.31. The molecular formula is C14H16ClFN2O. The molecule has 5 heteroatoms. The van der Waals surface area contributed by atoms with Crippen LogP contribution < -0.4 is 10.2 Å². The van der Waals surface area contributed by atoms with Crippen molar-refractivity contribution in [1.29, 1.82) is 0 Å². The molecule has 1 N–H and O–H groups in total. The largest absolute Gasteiger partial charge is 0.311 e. The van der Waals surface area contributed by atoms with E-state index in [-0.39, 0.29) is 17.0 Å². The molecule has 2 fully saturated rings. The lowest BCUT2D eigenvalue weighted by Gasteiger charge is -2.33. The molecule has 0 bridgehead atoms. The number of amides is 1. The van der Waals surface area contributed by atoms with E-state index in [4.69, 9.17) is 11.6 Å². The summed E-state index contributed by atoms with van der Waals surface area (Å²) in [5.74, 6) is -0.386. The summed E-state index contributed by atoms with van der Waals surface area (Å²) >= 11 is 5.78. The van der Waals surface area contributed by atoms with Crippen LogP contribution in [0.2, 0.25) is 5.02 Å². The number of hydrogen-bond donors (Lipinski definition) is 1. The van der Waals surface area contributed by atoms with E-state index in [0.29, 0.717) is 18.3 Å². The van der Waals surface area contributed by atoms with E-state index < -0.39 is 5.82 Å². The van der Waals surface area contributed by atoms with E-state index in [1.807, 2.05) is 0 Å². The zero-order chi connectivity index (χ0) is 13.4. The highest BCUT2D eigenvalue weighted by atomic mass is 35.5. The van der Waals surface area contributed by atoms with Crippen molar-refractivity contribution >= 4 is 23.2 Å². The molecule has 1 aromatic rings. The zero-order valence-corrected chi connectivity index (χ0v) is 11.3. The van der Waals surface area contributed by atoms with Gasteiger partial charge in [0, 0.05) is 18.3 Å². The number of piperidine rings is 1. The lowest BCUT2D eigenvalue weighted by Crippen LogP contribution is -2.51. The summed E-state index contributed by atoms with van der Waals surface area (Å²) in [4.78, 5) is 14.1. The van der Waals surface area contributed by atoms with Crippen LogP contribution in [0, 0.1) is 5.82 Å². The maximum Gasteiger partial charge on any atom is 0.244 e. The topological polar surface area (TPSA) is 32.3 Å². The molecule has 1 amide bonds. The number of nitrogens with zero attached hydrogens (tertiary/aromatic N) is 1. The number of benzene rings is 1. The standard InChI is InChI=1S/C14H16ClFN2O/c15-11-8-10(5-6-12(11)16)18-7-1-2-13(14(18)19)17-9-3-4-9/h5-6,8-9,13,17H,1-4,7H2. The summed E-state index contributed by atoms with van der Waals surface area (Å²) in [7, 11) is 0. The Balaban J connectivity index is 1.78. The first kappa shape index (κ1) is 12.9. The molecule has 2 aliphatic rings. The number of anilines is 1. The van der Waals surface area contributed by atoms with Crippen LogP contribution in [0.4, 0.5) is 10.1 Å². The van der Waals surface area contributed by atoms with Gasteiger partial charge in [-0.3, -0.25) is 4.79 Å². The van der Waals surface area contributed by atoms with E-state index in [9.17, 15) is 9.18 Å². The maximum absolute atomic E-state index is 13.2. The molecule has 1 saturated heterocycles. The first-order chi connectivity index (χ1) is 9.15. The fraction of sp³-hybridized carbons (Fsp3) is 0.500. The predicted molar refractivity (Wildman–Crippen MR) is 72.9 cm³/mol. The van der Waals surface area contributed by atoms with Crippen molar-refractivity contribution in [2.75, 3.05) is 11.4 Å². The molecule has 1 unspecified atom stereocenters. The third-order valence-corrected chi connectivity index (χ3v) is 3.96. The van der Waals surface area contributed by atoms with Crippen LogP contribution in [-0.4, -0.2) is 24.5 Å². The number of halogens is 2. The van der Waals surface area contributed by atoms with Crippen LogP contribution >= 0.6 is 11.6 Å². The minimum Gasteiger partial charge on any atom is -0.311 e. The van der Waals surface area contributed by atoms with Crippen LogP contribution in [0.15, 0.2) is 18.2 Å². The Morgan fingerprint density at radius 1 is 1.32 bits per heavy atom. The Morgan fingerprint density at radius 3 is 2.79 bits per heavy atom. The number of carbonyl (C=O) groups is 1. The van der Waals surface area contributed by atoms with E-state index in [1.165, 1.54) is 12.1 Å². The molecule has 0 radical (unpaired) electrons. The van der Waals surface area contributed by atoms with Crippen molar-refractivity contribution in [1.82, 2.24) is 5.32 Å². The smallest absolute Gasteiger partial charge is 0.244 e. The van der Waals surface area contributed by atoms with Gasteiger partial charge in [-0.15, -0.1) is 0 Å². The Morgan fingerprint density at radius 2 is 2.11 bits per heavy atom. The van der Waals surface area contributed by atoms with Gasteiger partial charge in [0.2, 0.25) is 5.91 Å². The molecule has 3 rings (SSSR count). The first-order valence-corrected chi connectivity index (χ1v) is 7.05.